The molecule has 1 N–H and O–H groups in total. The average Bonchev–Trinajstić information content (AvgIpc) is 3.25. The van der Waals surface area contributed by atoms with Crippen LogP contribution in [0, 0.1) is 0 Å². The monoisotopic (exact) mass is 477 g/mol. The van der Waals surface area contributed by atoms with Crippen molar-refractivity contribution in [2.75, 3.05) is 12.4 Å². The second kappa shape index (κ2) is 8.67. The first-order chi connectivity index (χ1) is 16.8. The van der Waals surface area contributed by atoms with E-state index in [1.54, 1.807) is 54.6 Å². The van der Waals surface area contributed by atoms with Crippen LogP contribution in [0.15, 0.2) is 78.0 Å². The van der Waals surface area contributed by atoms with Crippen molar-refractivity contribution < 1.29 is 13.2 Å². The zero-order valence-corrected chi connectivity index (χ0v) is 18.4. The zero-order chi connectivity index (χ0) is 24.6. The van der Waals surface area contributed by atoms with Gasteiger partial charge < -0.3 is 9.88 Å². The maximum Gasteiger partial charge on any atom is 0.416 e. The fourth-order valence-electron chi connectivity index (χ4n) is 3.70. The largest absolute Gasteiger partial charge is 0.416 e. The molecule has 0 atom stereocenters. The molecular weight excluding hydrogens is 459 g/mol. The van der Waals surface area contributed by atoms with Crippen LogP contribution < -0.4 is 10.9 Å². The van der Waals surface area contributed by atoms with E-state index >= 15 is 0 Å². The Morgan fingerprint density at radius 1 is 1.00 bits per heavy atom. The number of fused-ring (bicyclic) bond motifs is 1. The van der Waals surface area contributed by atoms with Crippen molar-refractivity contribution in [1.29, 1.82) is 0 Å². The van der Waals surface area contributed by atoms with Crippen molar-refractivity contribution in [3.05, 3.63) is 94.8 Å². The first-order valence-electron chi connectivity index (χ1n) is 10.6. The highest BCUT2D eigenvalue weighted by molar-refractivity contribution is 5.90. The van der Waals surface area contributed by atoms with Gasteiger partial charge in [-0.05, 0) is 36.4 Å². The molecule has 0 saturated heterocycles. The SMILES string of the molecule is CNc1nccc(Cn2ccc(-n3nc(-c4ccc(C(F)(F)F)cc4)c4ncccc43)cc2=O)n1. The summed E-state index contributed by atoms with van der Waals surface area (Å²) in [7, 11) is 1.71. The topological polar surface area (TPSA) is 90.5 Å². The zero-order valence-electron chi connectivity index (χ0n) is 18.4. The van der Waals surface area contributed by atoms with E-state index in [0.29, 0.717) is 39.6 Å². The number of nitrogens with one attached hydrogen (secondary N) is 1. The number of hydrogen-bond acceptors (Lipinski definition) is 6. The maximum atomic E-state index is 13.0. The third-order valence-corrected chi connectivity index (χ3v) is 5.42. The van der Waals surface area contributed by atoms with Crippen molar-refractivity contribution in [3.63, 3.8) is 0 Å². The summed E-state index contributed by atoms with van der Waals surface area (Å²) in [6.07, 6.45) is 0.406. The number of rotatable bonds is 5. The summed E-state index contributed by atoms with van der Waals surface area (Å²) < 4.78 is 42.0. The molecule has 1 aromatic carbocycles. The van der Waals surface area contributed by atoms with Gasteiger partial charge in [-0.15, -0.1) is 0 Å². The Kier molecular flexibility index (Phi) is 5.51. The Balaban J connectivity index is 1.53. The molecule has 4 heterocycles. The number of pyridine rings is 2. The summed E-state index contributed by atoms with van der Waals surface area (Å²) in [5, 5.41) is 7.45. The minimum absolute atomic E-state index is 0.258. The number of hydrogen-bond donors (Lipinski definition) is 1. The number of alkyl halides is 3. The highest BCUT2D eigenvalue weighted by Gasteiger charge is 2.30. The molecule has 0 unspecified atom stereocenters. The fourth-order valence-corrected chi connectivity index (χ4v) is 3.70. The quantitative estimate of drug-likeness (QED) is 0.409. The minimum Gasteiger partial charge on any atom is -0.357 e. The third kappa shape index (κ3) is 4.35. The summed E-state index contributed by atoms with van der Waals surface area (Å²) in [4.78, 5) is 25.6. The standard InChI is InChI=1S/C24H18F3N7O/c1-28-23-30-11-8-17(31-23)14-33-12-9-18(13-20(33)35)34-19-3-2-10-29-22(19)21(32-34)15-4-6-16(7-5-15)24(25,26)27/h2-13H,14H2,1H3,(H,28,30,31). The number of nitrogens with zero attached hydrogens (tertiary/aromatic N) is 6. The van der Waals surface area contributed by atoms with Crippen LogP contribution in [0.25, 0.3) is 28.0 Å². The van der Waals surface area contributed by atoms with Crippen molar-refractivity contribution in [3.8, 4) is 16.9 Å². The molecule has 0 spiro atoms. The van der Waals surface area contributed by atoms with E-state index in [4.69, 9.17) is 0 Å². The highest BCUT2D eigenvalue weighted by atomic mass is 19.4. The van der Waals surface area contributed by atoms with Gasteiger partial charge in [0.1, 0.15) is 11.2 Å². The number of benzene rings is 1. The molecule has 8 nitrogen and oxygen atoms in total. The maximum absolute atomic E-state index is 13.0. The normalized spacial score (nSPS) is 11.7. The van der Waals surface area contributed by atoms with Gasteiger partial charge in [0.05, 0.1) is 29.0 Å². The molecule has 11 heteroatoms. The molecule has 0 aliphatic rings. The predicted molar refractivity (Wildman–Crippen MR) is 124 cm³/mol. The first-order valence-corrected chi connectivity index (χ1v) is 10.6. The van der Waals surface area contributed by atoms with Crippen molar-refractivity contribution in [2.45, 2.75) is 12.7 Å². The molecule has 0 saturated carbocycles. The van der Waals surface area contributed by atoms with E-state index in [2.05, 4.69) is 25.4 Å². The van der Waals surface area contributed by atoms with E-state index < -0.39 is 11.7 Å². The summed E-state index contributed by atoms with van der Waals surface area (Å²) in [5.74, 6) is 0.457. The van der Waals surface area contributed by atoms with Gasteiger partial charge in [0.15, 0.2) is 0 Å². The molecule has 4 aromatic heterocycles. The molecule has 35 heavy (non-hydrogen) atoms. The molecular formula is C24H18F3N7O. The predicted octanol–water partition coefficient (Wildman–Crippen LogP) is 4.15. The lowest BCUT2D eigenvalue weighted by Crippen LogP contribution is -2.21. The smallest absolute Gasteiger partial charge is 0.357 e. The molecule has 176 valence electrons. The van der Waals surface area contributed by atoms with Crippen LogP contribution in [0.3, 0.4) is 0 Å². The van der Waals surface area contributed by atoms with Gasteiger partial charge in [-0.25, -0.2) is 14.6 Å². The summed E-state index contributed by atoms with van der Waals surface area (Å²) in [6, 6.07) is 13.2. The average molecular weight is 477 g/mol. The summed E-state index contributed by atoms with van der Waals surface area (Å²) in [5.41, 5.74) is 2.18. The summed E-state index contributed by atoms with van der Waals surface area (Å²) in [6.45, 7) is 0.258. The van der Waals surface area contributed by atoms with Crippen molar-refractivity contribution in [2.24, 2.45) is 0 Å². The van der Waals surface area contributed by atoms with Gasteiger partial charge in [-0.3, -0.25) is 9.78 Å². The second-order valence-electron chi connectivity index (χ2n) is 7.68. The number of aromatic nitrogens is 6. The molecule has 0 fully saturated rings. The molecule has 0 aliphatic heterocycles. The van der Waals surface area contributed by atoms with E-state index in [0.717, 1.165) is 12.1 Å². The van der Waals surface area contributed by atoms with Gasteiger partial charge in [-0.2, -0.15) is 18.3 Å². The van der Waals surface area contributed by atoms with Gasteiger partial charge in [0.2, 0.25) is 5.95 Å². The van der Waals surface area contributed by atoms with Gasteiger partial charge >= 0.3 is 6.18 Å². The molecule has 0 amide bonds. The number of halogens is 3. The van der Waals surface area contributed by atoms with Crippen LogP contribution in [-0.4, -0.2) is 36.3 Å². The van der Waals surface area contributed by atoms with Crippen LogP contribution >= 0.6 is 0 Å². The Morgan fingerprint density at radius 2 is 1.80 bits per heavy atom. The molecule has 0 bridgehead atoms. The highest BCUT2D eigenvalue weighted by Crippen LogP contribution is 2.33. The molecule has 0 radical (unpaired) electrons. The van der Waals surface area contributed by atoms with Crippen molar-refractivity contribution >= 4 is 17.0 Å². The van der Waals surface area contributed by atoms with E-state index in [1.807, 2.05) is 0 Å². The van der Waals surface area contributed by atoms with Crippen LogP contribution in [-0.2, 0) is 12.7 Å². The molecule has 5 aromatic rings. The van der Waals surface area contributed by atoms with E-state index in [1.165, 1.54) is 22.8 Å². The van der Waals surface area contributed by atoms with Crippen molar-refractivity contribution in [1.82, 2.24) is 29.3 Å². The summed E-state index contributed by atoms with van der Waals surface area (Å²) >= 11 is 0. The van der Waals surface area contributed by atoms with E-state index in [-0.39, 0.29) is 12.1 Å². The lowest BCUT2D eigenvalue weighted by Gasteiger charge is -2.08. The lowest BCUT2D eigenvalue weighted by atomic mass is 10.1. The lowest BCUT2D eigenvalue weighted by molar-refractivity contribution is -0.137. The Labute approximate surface area is 196 Å². The number of anilines is 1. The van der Waals surface area contributed by atoms with Crippen LogP contribution in [0.1, 0.15) is 11.3 Å². The first kappa shape index (κ1) is 22.3. The van der Waals surface area contributed by atoms with Gasteiger partial charge in [0.25, 0.3) is 5.56 Å². The van der Waals surface area contributed by atoms with Crippen LogP contribution in [0.4, 0.5) is 19.1 Å². The second-order valence-corrected chi connectivity index (χ2v) is 7.68. The third-order valence-electron chi connectivity index (χ3n) is 5.42. The molecule has 5 rings (SSSR count). The fraction of sp³-hybridized carbons (Fsp3) is 0.125. The minimum atomic E-state index is -4.43. The van der Waals surface area contributed by atoms with Gasteiger partial charge in [0, 0.05) is 37.3 Å². The van der Waals surface area contributed by atoms with Crippen LogP contribution in [0.2, 0.25) is 0 Å². The Hall–Kier alpha value is -4.54. The van der Waals surface area contributed by atoms with E-state index in [9.17, 15) is 18.0 Å². The van der Waals surface area contributed by atoms with Gasteiger partial charge in [-0.1, -0.05) is 12.1 Å². The van der Waals surface area contributed by atoms with Crippen LogP contribution in [0.5, 0.6) is 0 Å². The Bertz CT molecular complexity index is 1570. The molecule has 0 aliphatic carbocycles. The Morgan fingerprint density at radius 3 is 2.51 bits per heavy atom.